The predicted octanol–water partition coefficient (Wildman–Crippen LogP) is 1.97. The summed E-state index contributed by atoms with van der Waals surface area (Å²) in [5.41, 5.74) is 1.58. The summed E-state index contributed by atoms with van der Waals surface area (Å²) in [5.74, 6) is -0.131. The molecule has 0 saturated heterocycles. The zero-order chi connectivity index (χ0) is 14.3. The maximum atomic E-state index is 11.6. The fraction of sp³-hybridized carbons (Fsp3) is 0.429. The molecule has 0 fully saturated rings. The van der Waals surface area contributed by atoms with Gasteiger partial charge in [-0.2, -0.15) is 0 Å². The molecule has 0 bridgehead atoms. The minimum Gasteiger partial charge on any atom is -0.376 e. The fourth-order valence-corrected chi connectivity index (χ4v) is 1.48. The number of nitrogens with one attached hydrogen (secondary N) is 3. The molecule has 104 valence electrons. The van der Waals surface area contributed by atoms with Crippen LogP contribution < -0.4 is 16.0 Å². The lowest BCUT2D eigenvalue weighted by molar-refractivity contribution is -0.120. The molecule has 0 aliphatic rings. The van der Waals surface area contributed by atoms with Crippen LogP contribution in [0, 0.1) is 0 Å². The molecule has 3 N–H and O–H groups in total. The predicted molar refractivity (Wildman–Crippen MR) is 77.1 cm³/mol. The summed E-state index contributed by atoms with van der Waals surface area (Å²) in [5, 5.41) is 8.59. The molecule has 1 rings (SSSR count). The fourth-order valence-electron chi connectivity index (χ4n) is 1.48. The molecule has 0 aromatic heterocycles. The molecule has 0 aliphatic carbocycles. The maximum Gasteiger partial charge on any atom is 0.239 e. The Balaban J connectivity index is 2.41. The zero-order valence-electron chi connectivity index (χ0n) is 11.6. The van der Waals surface area contributed by atoms with E-state index in [1.165, 1.54) is 6.92 Å². The van der Waals surface area contributed by atoms with Crippen LogP contribution >= 0.6 is 0 Å². The Morgan fingerprint density at radius 1 is 1.16 bits per heavy atom. The van der Waals surface area contributed by atoms with E-state index in [0.29, 0.717) is 0 Å². The molecule has 2 amide bonds. The first kappa shape index (κ1) is 15.0. The third-order valence-electron chi connectivity index (χ3n) is 2.68. The van der Waals surface area contributed by atoms with Crippen molar-refractivity contribution in [3.8, 4) is 0 Å². The quantitative estimate of drug-likeness (QED) is 0.735. The van der Waals surface area contributed by atoms with Gasteiger partial charge >= 0.3 is 0 Å². The number of benzene rings is 1. The largest absolute Gasteiger partial charge is 0.376 e. The summed E-state index contributed by atoms with van der Waals surface area (Å²) in [4.78, 5) is 22.4. The Bertz CT molecular complexity index is 429. The lowest BCUT2D eigenvalue weighted by Crippen LogP contribution is -2.36. The van der Waals surface area contributed by atoms with E-state index >= 15 is 0 Å². The van der Waals surface area contributed by atoms with Crippen molar-refractivity contribution in [2.24, 2.45) is 0 Å². The summed E-state index contributed by atoms with van der Waals surface area (Å²) in [6.45, 7) is 5.70. The standard InChI is InChI=1S/C14H21N3O2/c1-4-10(2)16-14(19)9-15-12-5-7-13(8-6-12)17-11(3)18/h5-8,10,15H,4,9H2,1-3H3,(H,16,19)(H,17,18). The average molecular weight is 263 g/mol. The van der Waals surface area contributed by atoms with E-state index in [-0.39, 0.29) is 24.4 Å². The highest BCUT2D eigenvalue weighted by atomic mass is 16.2. The second kappa shape index (κ2) is 7.41. The Labute approximate surface area is 113 Å². The third-order valence-corrected chi connectivity index (χ3v) is 2.68. The van der Waals surface area contributed by atoms with Gasteiger partial charge in [0.05, 0.1) is 6.54 Å². The molecule has 1 unspecified atom stereocenters. The van der Waals surface area contributed by atoms with Crippen molar-refractivity contribution in [3.63, 3.8) is 0 Å². The van der Waals surface area contributed by atoms with E-state index in [1.54, 1.807) is 12.1 Å². The second-order valence-electron chi connectivity index (χ2n) is 4.49. The molecule has 19 heavy (non-hydrogen) atoms. The normalized spacial score (nSPS) is 11.5. The van der Waals surface area contributed by atoms with Crippen LogP contribution in [0.15, 0.2) is 24.3 Å². The molecular weight excluding hydrogens is 242 g/mol. The molecule has 0 heterocycles. The van der Waals surface area contributed by atoms with Gasteiger partial charge in [0.1, 0.15) is 0 Å². The molecule has 1 aromatic carbocycles. The lowest BCUT2D eigenvalue weighted by atomic mass is 10.2. The monoisotopic (exact) mass is 263 g/mol. The summed E-state index contributed by atoms with van der Waals surface area (Å²) in [7, 11) is 0. The first-order valence-electron chi connectivity index (χ1n) is 6.42. The van der Waals surface area contributed by atoms with Gasteiger partial charge in [-0.05, 0) is 37.6 Å². The highest BCUT2D eigenvalue weighted by Crippen LogP contribution is 2.13. The number of anilines is 2. The van der Waals surface area contributed by atoms with Gasteiger partial charge in [-0.25, -0.2) is 0 Å². The van der Waals surface area contributed by atoms with Gasteiger partial charge in [-0.1, -0.05) is 6.92 Å². The average Bonchev–Trinajstić information content (AvgIpc) is 2.37. The SMILES string of the molecule is CCC(C)NC(=O)CNc1ccc(NC(C)=O)cc1. The number of hydrogen-bond donors (Lipinski definition) is 3. The van der Waals surface area contributed by atoms with Crippen molar-refractivity contribution in [2.45, 2.75) is 33.2 Å². The van der Waals surface area contributed by atoms with Crippen LogP contribution in [0.3, 0.4) is 0 Å². The molecule has 0 radical (unpaired) electrons. The maximum absolute atomic E-state index is 11.6. The van der Waals surface area contributed by atoms with Crippen molar-refractivity contribution in [1.82, 2.24) is 5.32 Å². The third kappa shape index (κ3) is 5.90. The molecule has 0 spiro atoms. The van der Waals surface area contributed by atoms with Gasteiger partial charge in [0.25, 0.3) is 0 Å². The second-order valence-corrected chi connectivity index (χ2v) is 4.49. The first-order chi connectivity index (χ1) is 9.01. The molecule has 1 aromatic rings. The minimum atomic E-state index is -0.103. The Hall–Kier alpha value is -2.04. The highest BCUT2D eigenvalue weighted by molar-refractivity contribution is 5.88. The van der Waals surface area contributed by atoms with Gasteiger partial charge in [0, 0.05) is 24.3 Å². The van der Waals surface area contributed by atoms with Crippen molar-refractivity contribution in [1.29, 1.82) is 0 Å². The van der Waals surface area contributed by atoms with Gasteiger partial charge in [0.2, 0.25) is 11.8 Å². The lowest BCUT2D eigenvalue weighted by Gasteiger charge is -2.12. The Morgan fingerprint density at radius 3 is 2.26 bits per heavy atom. The van der Waals surface area contributed by atoms with Crippen LogP contribution in [-0.4, -0.2) is 24.4 Å². The summed E-state index contributed by atoms with van der Waals surface area (Å²) < 4.78 is 0. The van der Waals surface area contributed by atoms with E-state index in [2.05, 4.69) is 16.0 Å². The van der Waals surface area contributed by atoms with E-state index in [4.69, 9.17) is 0 Å². The van der Waals surface area contributed by atoms with Crippen molar-refractivity contribution >= 4 is 23.2 Å². The Kier molecular flexibility index (Phi) is 5.85. The zero-order valence-corrected chi connectivity index (χ0v) is 11.6. The van der Waals surface area contributed by atoms with Crippen LogP contribution in [0.1, 0.15) is 27.2 Å². The van der Waals surface area contributed by atoms with E-state index in [1.807, 2.05) is 26.0 Å². The number of carbonyl (C=O) groups is 2. The molecule has 5 heteroatoms. The van der Waals surface area contributed by atoms with Crippen molar-refractivity contribution in [3.05, 3.63) is 24.3 Å². The number of carbonyl (C=O) groups excluding carboxylic acids is 2. The number of hydrogen-bond acceptors (Lipinski definition) is 3. The molecule has 0 aliphatic heterocycles. The molecule has 1 atom stereocenters. The van der Waals surface area contributed by atoms with E-state index in [9.17, 15) is 9.59 Å². The number of amides is 2. The Morgan fingerprint density at radius 2 is 1.74 bits per heavy atom. The van der Waals surface area contributed by atoms with Crippen molar-refractivity contribution < 1.29 is 9.59 Å². The summed E-state index contributed by atoms with van der Waals surface area (Å²) in [6.07, 6.45) is 0.914. The summed E-state index contributed by atoms with van der Waals surface area (Å²) >= 11 is 0. The topological polar surface area (TPSA) is 70.2 Å². The van der Waals surface area contributed by atoms with Crippen LogP contribution in [0.5, 0.6) is 0 Å². The van der Waals surface area contributed by atoms with Gasteiger partial charge < -0.3 is 16.0 Å². The van der Waals surface area contributed by atoms with E-state index in [0.717, 1.165) is 17.8 Å². The highest BCUT2D eigenvalue weighted by Gasteiger charge is 2.04. The summed E-state index contributed by atoms with van der Waals surface area (Å²) in [6, 6.07) is 7.41. The van der Waals surface area contributed by atoms with Crippen LogP contribution in [0.4, 0.5) is 11.4 Å². The van der Waals surface area contributed by atoms with Crippen LogP contribution in [0.2, 0.25) is 0 Å². The molecule has 5 nitrogen and oxygen atoms in total. The van der Waals surface area contributed by atoms with E-state index < -0.39 is 0 Å². The minimum absolute atomic E-state index is 0.0275. The molecule has 0 saturated carbocycles. The molecular formula is C14H21N3O2. The van der Waals surface area contributed by atoms with Gasteiger partial charge in [0.15, 0.2) is 0 Å². The smallest absolute Gasteiger partial charge is 0.239 e. The number of rotatable bonds is 6. The van der Waals surface area contributed by atoms with Gasteiger partial charge in [-0.3, -0.25) is 9.59 Å². The van der Waals surface area contributed by atoms with Crippen LogP contribution in [-0.2, 0) is 9.59 Å². The van der Waals surface area contributed by atoms with Gasteiger partial charge in [-0.15, -0.1) is 0 Å². The first-order valence-corrected chi connectivity index (χ1v) is 6.42. The van der Waals surface area contributed by atoms with Crippen molar-refractivity contribution in [2.75, 3.05) is 17.2 Å². The van der Waals surface area contributed by atoms with Crippen LogP contribution in [0.25, 0.3) is 0 Å².